The van der Waals surface area contributed by atoms with Gasteiger partial charge in [-0.05, 0) is 55.3 Å². The number of azo groups is 1. The lowest BCUT2D eigenvalue weighted by Gasteiger charge is -2.14. The minimum atomic E-state index is -0.545. The number of aromatic nitrogens is 2. The molecule has 0 saturated heterocycles. The first-order valence-corrected chi connectivity index (χ1v) is 8.85. The average Bonchev–Trinajstić information content (AvgIpc) is 2.70. The van der Waals surface area contributed by atoms with Crippen LogP contribution in [0.3, 0.4) is 0 Å². The van der Waals surface area contributed by atoms with E-state index in [-0.39, 0.29) is 11.5 Å². The van der Waals surface area contributed by atoms with Gasteiger partial charge in [0.05, 0.1) is 29.3 Å². The van der Waals surface area contributed by atoms with Crippen LogP contribution in [0.4, 0.5) is 17.1 Å². The second-order valence-electron chi connectivity index (χ2n) is 6.72. The summed E-state index contributed by atoms with van der Waals surface area (Å²) in [6, 6.07) is 8.60. The fraction of sp³-hybridized carbons (Fsp3) is 0.190. The minimum Gasteiger partial charge on any atom is -0.507 e. The van der Waals surface area contributed by atoms with Gasteiger partial charge in [-0.2, -0.15) is 10.2 Å². The number of carbonyl (C=O) groups excluding carboxylic acids is 1. The lowest BCUT2D eigenvalue weighted by atomic mass is 10.1. The fourth-order valence-electron chi connectivity index (χ4n) is 2.64. The Bertz CT molecular complexity index is 1040. The summed E-state index contributed by atoms with van der Waals surface area (Å²) in [6.45, 7) is 3.60. The quantitative estimate of drug-likeness (QED) is 0.508. The highest BCUT2D eigenvalue weighted by Crippen LogP contribution is 2.30. The summed E-state index contributed by atoms with van der Waals surface area (Å²) in [6.07, 6.45) is 4.18. The second kappa shape index (κ2) is 8.47. The molecule has 8 heteroatoms. The first-order valence-electron chi connectivity index (χ1n) is 8.85. The SMILES string of the molecule is Cc1cc(/N=N/c2cc(C(=O)Oc3cncnc3)cc(N(C)C)c2)cc(C)c1O. The third-order valence-electron chi connectivity index (χ3n) is 4.16. The molecule has 0 saturated carbocycles. The van der Waals surface area contributed by atoms with Crippen molar-refractivity contribution in [3.05, 3.63) is 65.7 Å². The van der Waals surface area contributed by atoms with Gasteiger partial charge in [0.25, 0.3) is 0 Å². The highest BCUT2D eigenvalue weighted by Gasteiger charge is 2.13. The molecule has 29 heavy (non-hydrogen) atoms. The number of hydrogen-bond acceptors (Lipinski definition) is 8. The van der Waals surface area contributed by atoms with Crippen molar-refractivity contribution in [2.45, 2.75) is 13.8 Å². The number of phenols is 1. The third kappa shape index (κ3) is 4.92. The van der Waals surface area contributed by atoms with E-state index in [1.54, 1.807) is 38.1 Å². The number of phenolic OH excluding ortho intramolecular Hbond substituents is 1. The van der Waals surface area contributed by atoms with Crippen molar-refractivity contribution in [1.29, 1.82) is 0 Å². The van der Waals surface area contributed by atoms with E-state index in [4.69, 9.17) is 4.74 Å². The molecule has 0 aliphatic heterocycles. The van der Waals surface area contributed by atoms with Crippen LogP contribution in [0.1, 0.15) is 21.5 Å². The molecule has 0 bridgehead atoms. The van der Waals surface area contributed by atoms with Crippen molar-refractivity contribution < 1.29 is 14.6 Å². The van der Waals surface area contributed by atoms with Crippen molar-refractivity contribution in [3.63, 3.8) is 0 Å². The van der Waals surface area contributed by atoms with E-state index < -0.39 is 5.97 Å². The summed E-state index contributed by atoms with van der Waals surface area (Å²) in [7, 11) is 3.73. The van der Waals surface area contributed by atoms with Crippen molar-refractivity contribution in [2.24, 2.45) is 10.2 Å². The molecule has 0 fully saturated rings. The van der Waals surface area contributed by atoms with Gasteiger partial charge in [-0.15, -0.1) is 0 Å². The number of aromatic hydroxyl groups is 1. The van der Waals surface area contributed by atoms with Gasteiger partial charge in [0, 0.05) is 19.8 Å². The van der Waals surface area contributed by atoms with E-state index in [0.717, 1.165) is 16.8 Å². The Morgan fingerprint density at radius 2 is 1.55 bits per heavy atom. The molecule has 0 atom stereocenters. The predicted molar refractivity (Wildman–Crippen MR) is 110 cm³/mol. The number of rotatable bonds is 5. The Morgan fingerprint density at radius 1 is 0.966 bits per heavy atom. The molecule has 8 nitrogen and oxygen atoms in total. The Balaban J connectivity index is 1.91. The highest BCUT2D eigenvalue weighted by molar-refractivity contribution is 5.93. The number of ether oxygens (including phenoxy) is 1. The number of hydrogen-bond donors (Lipinski definition) is 1. The molecule has 3 rings (SSSR count). The maximum absolute atomic E-state index is 12.5. The molecule has 0 radical (unpaired) electrons. The normalized spacial score (nSPS) is 10.9. The third-order valence-corrected chi connectivity index (χ3v) is 4.16. The zero-order chi connectivity index (χ0) is 21.0. The van der Waals surface area contributed by atoms with Gasteiger partial charge in [-0.1, -0.05) is 0 Å². The van der Waals surface area contributed by atoms with E-state index in [0.29, 0.717) is 16.9 Å². The summed E-state index contributed by atoms with van der Waals surface area (Å²) in [4.78, 5) is 22.1. The monoisotopic (exact) mass is 391 g/mol. The van der Waals surface area contributed by atoms with E-state index >= 15 is 0 Å². The van der Waals surface area contributed by atoms with Gasteiger partial charge in [-0.3, -0.25) is 0 Å². The second-order valence-corrected chi connectivity index (χ2v) is 6.72. The molecule has 0 aliphatic carbocycles. The smallest absolute Gasteiger partial charge is 0.343 e. The Morgan fingerprint density at radius 3 is 2.14 bits per heavy atom. The van der Waals surface area contributed by atoms with Crippen LogP contribution in [-0.4, -0.2) is 35.1 Å². The van der Waals surface area contributed by atoms with Crippen LogP contribution < -0.4 is 9.64 Å². The van der Waals surface area contributed by atoms with Gasteiger partial charge in [-0.25, -0.2) is 14.8 Å². The van der Waals surface area contributed by atoms with Crippen molar-refractivity contribution in [3.8, 4) is 11.5 Å². The van der Waals surface area contributed by atoms with Crippen LogP contribution >= 0.6 is 0 Å². The van der Waals surface area contributed by atoms with Crippen LogP contribution in [0, 0.1) is 13.8 Å². The Kier molecular flexibility index (Phi) is 5.82. The van der Waals surface area contributed by atoms with E-state index in [1.807, 2.05) is 25.1 Å². The molecular weight excluding hydrogens is 370 g/mol. The standard InChI is InChI=1S/C21H21N5O3/c1-13-5-16(6-14(2)20(13)27)24-25-17-7-15(8-18(9-17)26(3)4)21(28)29-19-10-22-12-23-11-19/h5-12,27H,1-4H3/b25-24+. The van der Waals surface area contributed by atoms with Gasteiger partial charge < -0.3 is 14.7 Å². The highest BCUT2D eigenvalue weighted by atomic mass is 16.5. The van der Waals surface area contributed by atoms with Crippen LogP contribution in [0.2, 0.25) is 0 Å². The summed E-state index contributed by atoms with van der Waals surface area (Å²) in [5.41, 5.74) is 3.64. The van der Waals surface area contributed by atoms with Gasteiger partial charge in [0.1, 0.15) is 12.1 Å². The van der Waals surface area contributed by atoms with Crippen molar-refractivity contribution in [1.82, 2.24) is 9.97 Å². The fourth-order valence-corrected chi connectivity index (χ4v) is 2.64. The molecule has 0 spiro atoms. The molecule has 1 heterocycles. The number of esters is 1. The number of aryl methyl sites for hydroxylation is 2. The molecule has 3 aromatic rings. The lowest BCUT2D eigenvalue weighted by molar-refractivity contribution is 0.0733. The Hall–Kier alpha value is -3.81. The van der Waals surface area contributed by atoms with Crippen LogP contribution in [0.25, 0.3) is 0 Å². The van der Waals surface area contributed by atoms with Crippen LogP contribution in [0.15, 0.2) is 59.3 Å². The van der Waals surface area contributed by atoms with Gasteiger partial charge >= 0.3 is 5.97 Å². The molecule has 148 valence electrons. The van der Waals surface area contributed by atoms with E-state index in [1.165, 1.54) is 18.7 Å². The van der Waals surface area contributed by atoms with Crippen LogP contribution in [-0.2, 0) is 0 Å². The van der Waals surface area contributed by atoms with E-state index in [9.17, 15) is 9.90 Å². The number of nitrogens with zero attached hydrogens (tertiary/aromatic N) is 5. The molecule has 0 aliphatic rings. The summed E-state index contributed by atoms with van der Waals surface area (Å²) >= 11 is 0. The minimum absolute atomic E-state index is 0.244. The predicted octanol–water partition coefficient (Wildman–Crippen LogP) is 4.50. The van der Waals surface area contributed by atoms with Gasteiger partial charge in [0.2, 0.25) is 0 Å². The van der Waals surface area contributed by atoms with Gasteiger partial charge in [0.15, 0.2) is 5.75 Å². The maximum Gasteiger partial charge on any atom is 0.343 e. The first-order chi connectivity index (χ1) is 13.8. The molecule has 1 N–H and O–H groups in total. The number of anilines is 1. The molecule has 0 unspecified atom stereocenters. The first kappa shape index (κ1) is 19.9. The average molecular weight is 391 g/mol. The topological polar surface area (TPSA) is 100 Å². The van der Waals surface area contributed by atoms with Crippen molar-refractivity contribution in [2.75, 3.05) is 19.0 Å². The summed E-state index contributed by atoms with van der Waals surface area (Å²) in [5, 5.41) is 18.4. The zero-order valence-electron chi connectivity index (χ0n) is 16.6. The molecule has 2 aromatic carbocycles. The van der Waals surface area contributed by atoms with E-state index in [2.05, 4.69) is 20.2 Å². The molecule has 0 amide bonds. The lowest BCUT2D eigenvalue weighted by Crippen LogP contribution is -2.12. The maximum atomic E-state index is 12.5. The Labute approximate surface area is 168 Å². The van der Waals surface area contributed by atoms with Crippen molar-refractivity contribution >= 4 is 23.0 Å². The zero-order valence-corrected chi connectivity index (χ0v) is 16.6. The summed E-state index contributed by atoms with van der Waals surface area (Å²) < 4.78 is 5.32. The number of carbonyl (C=O) groups is 1. The summed E-state index contributed by atoms with van der Waals surface area (Å²) in [5.74, 6) is -0.0456. The molecule has 1 aromatic heterocycles. The largest absolute Gasteiger partial charge is 0.507 e. The molecular formula is C21H21N5O3. The number of benzene rings is 2. The van der Waals surface area contributed by atoms with Crippen LogP contribution in [0.5, 0.6) is 11.5 Å².